The lowest BCUT2D eigenvalue weighted by Crippen LogP contribution is -2.47. The Bertz CT molecular complexity index is 258. The van der Waals surface area contributed by atoms with Crippen molar-refractivity contribution in [2.75, 3.05) is 26.2 Å². The summed E-state index contributed by atoms with van der Waals surface area (Å²) in [5.41, 5.74) is 0.431. The maximum absolute atomic E-state index is 9.15. The van der Waals surface area contributed by atoms with Gasteiger partial charge in [-0.15, -0.1) is 0 Å². The van der Waals surface area contributed by atoms with Crippen molar-refractivity contribution in [3.05, 3.63) is 0 Å². The number of aliphatic hydroxyl groups is 1. The van der Waals surface area contributed by atoms with Crippen molar-refractivity contribution < 1.29 is 5.11 Å². The van der Waals surface area contributed by atoms with Gasteiger partial charge in [-0.1, -0.05) is 39.5 Å². The second-order valence-electron chi connectivity index (χ2n) is 7.59. The van der Waals surface area contributed by atoms with Crippen LogP contribution in [0.1, 0.15) is 72.6 Å². The van der Waals surface area contributed by atoms with Gasteiger partial charge in [0.15, 0.2) is 0 Å². The fraction of sp³-hybridized carbons (Fsp3) is 1.00. The molecule has 3 heteroatoms. The third-order valence-electron chi connectivity index (χ3n) is 4.92. The highest BCUT2D eigenvalue weighted by Gasteiger charge is 2.33. The Morgan fingerprint density at radius 3 is 2.14 bits per heavy atom. The number of aliphatic hydroxyl groups excluding tert-OH is 1. The lowest BCUT2D eigenvalue weighted by molar-refractivity contribution is 0.0949. The molecule has 3 nitrogen and oxygen atoms in total. The van der Waals surface area contributed by atoms with Gasteiger partial charge < -0.3 is 15.3 Å². The van der Waals surface area contributed by atoms with Crippen LogP contribution in [-0.4, -0.2) is 48.3 Å². The number of hydrogen-bond acceptors (Lipinski definition) is 3. The molecule has 1 fully saturated rings. The second-order valence-corrected chi connectivity index (χ2v) is 7.59. The zero-order chi connectivity index (χ0) is 15.7. The number of nitrogens with zero attached hydrogens (tertiary/aromatic N) is 1. The predicted molar refractivity (Wildman–Crippen MR) is 91.7 cm³/mol. The zero-order valence-corrected chi connectivity index (χ0v) is 14.8. The molecule has 2 N–H and O–H groups in total. The molecule has 0 spiro atoms. The summed E-state index contributed by atoms with van der Waals surface area (Å²) in [6.07, 6.45) is 9.18. The first-order valence-electron chi connectivity index (χ1n) is 9.07. The minimum Gasteiger partial charge on any atom is -0.396 e. The molecule has 0 aromatic heterocycles. The van der Waals surface area contributed by atoms with E-state index in [-0.39, 0.29) is 0 Å². The Hall–Kier alpha value is -0.120. The summed E-state index contributed by atoms with van der Waals surface area (Å²) in [4.78, 5) is 2.59. The van der Waals surface area contributed by atoms with E-state index in [4.69, 9.17) is 5.11 Å². The molecule has 0 bridgehead atoms. The van der Waals surface area contributed by atoms with Gasteiger partial charge in [0.25, 0.3) is 0 Å². The van der Waals surface area contributed by atoms with E-state index >= 15 is 0 Å². The molecule has 0 aromatic rings. The van der Waals surface area contributed by atoms with Crippen molar-refractivity contribution in [2.24, 2.45) is 5.41 Å². The molecule has 1 aliphatic carbocycles. The van der Waals surface area contributed by atoms with Crippen molar-refractivity contribution in [2.45, 2.75) is 84.7 Å². The monoisotopic (exact) mass is 298 g/mol. The summed E-state index contributed by atoms with van der Waals surface area (Å²) < 4.78 is 0. The van der Waals surface area contributed by atoms with E-state index in [1.54, 1.807) is 0 Å². The van der Waals surface area contributed by atoms with Crippen LogP contribution in [0.25, 0.3) is 0 Å². The Balaban J connectivity index is 2.72. The van der Waals surface area contributed by atoms with E-state index in [1.807, 2.05) is 0 Å². The van der Waals surface area contributed by atoms with Crippen LogP contribution in [0.5, 0.6) is 0 Å². The normalized spacial score (nSPS) is 19.4. The molecule has 21 heavy (non-hydrogen) atoms. The van der Waals surface area contributed by atoms with Gasteiger partial charge >= 0.3 is 0 Å². The predicted octanol–water partition coefficient (Wildman–Crippen LogP) is 3.42. The van der Waals surface area contributed by atoms with Gasteiger partial charge in [0, 0.05) is 38.3 Å². The van der Waals surface area contributed by atoms with Crippen LogP contribution < -0.4 is 5.32 Å². The average molecular weight is 299 g/mol. The van der Waals surface area contributed by atoms with Crippen LogP contribution in [0.4, 0.5) is 0 Å². The molecule has 0 aromatic carbocycles. The standard InChI is InChI=1S/C18H38N2O/c1-16(2)19-14-18(10-7-5-6-8-11-18)15-20(17(3)4)12-9-13-21/h16-17,19,21H,5-15H2,1-4H3. The van der Waals surface area contributed by atoms with Gasteiger partial charge in [0.05, 0.1) is 0 Å². The molecule has 0 saturated heterocycles. The van der Waals surface area contributed by atoms with Crippen molar-refractivity contribution in [1.82, 2.24) is 10.2 Å². The smallest absolute Gasteiger partial charge is 0.0443 e. The van der Waals surface area contributed by atoms with Gasteiger partial charge in [-0.2, -0.15) is 0 Å². The van der Waals surface area contributed by atoms with E-state index in [2.05, 4.69) is 37.9 Å². The molecule has 0 heterocycles. The molecule has 1 aliphatic rings. The highest BCUT2D eigenvalue weighted by atomic mass is 16.3. The molecular weight excluding hydrogens is 260 g/mol. The third-order valence-corrected chi connectivity index (χ3v) is 4.92. The quantitative estimate of drug-likeness (QED) is 0.640. The SMILES string of the molecule is CC(C)NCC1(CN(CCCO)C(C)C)CCCCCC1. The maximum atomic E-state index is 9.15. The topological polar surface area (TPSA) is 35.5 Å². The summed E-state index contributed by atoms with van der Waals surface area (Å²) in [6.45, 7) is 12.7. The van der Waals surface area contributed by atoms with E-state index in [9.17, 15) is 0 Å². The van der Waals surface area contributed by atoms with Crippen LogP contribution in [-0.2, 0) is 0 Å². The Labute approximate surface area is 132 Å². The fourth-order valence-electron chi connectivity index (χ4n) is 3.51. The van der Waals surface area contributed by atoms with E-state index < -0.39 is 0 Å². The van der Waals surface area contributed by atoms with Gasteiger partial charge in [-0.3, -0.25) is 0 Å². The second kappa shape index (κ2) is 9.81. The van der Waals surface area contributed by atoms with Crippen LogP contribution in [0.3, 0.4) is 0 Å². The van der Waals surface area contributed by atoms with E-state index in [0.29, 0.717) is 24.1 Å². The summed E-state index contributed by atoms with van der Waals surface area (Å²) in [7, 11) is 0. The lowest BCUT2D eigenvalue weighted by atomic mass is 9.79. The molecule has 1 rings (SSSR count). The van der Waals surface area contributed by atoms with Gasteiger partial charge in [-0.05, 0) is 38.5 Å². The number of nitrogens with one attached hydrogen (secondary N) is 1. The molecule has 0 amide bonds. The molecular formula is C18H38N2O. The Kier molecular flexibility index (Phi) is 8.84. The first-order valence-corrected chi connectivity index (χ1v) is 9.07. The van der Waals surface area contributed by atoms with E-state index in [0.717, 1.165) is 19.5 Å². The molecule has 126 valence electrons. The minimum atomic E-state index is 0.306. The van der Waals surface area contributed by atoms with Crippen molar-refractivity contribution in [3.8, 4) is 0 Å². The maximum Gasteiger partial charge on any atom is 0.0443 e. The molecule has 0 unspecified atom stereocenters. The summed E-state index contributed by atoms with van der Waals surface area (Å²) in [5, 5.41) is 12.9. The van der Waals surface area contributed by atoms with Crippen molar-refractivity contribution >= 4 is 0 Å². The first-order chi connectivity index (χ1) is 9.99. The molecule has 0 aliphatic heterocycles. The number of rotatable bonds is 9. The van der Waals surface area contributed by atoms with Crippen LogP contribution in [0.15, 0.2) is 0 Å². The zero-order valence-electron chi connectivity index (χ0n) is 14.8. The largest absolute Gasteiger partial charge is 0.396 e. The number of hydrogen-bond donors (Lipinski definition) is 2. The lowest BCUT2D eigenvalue weighted by Gasteiger charge is -2.40. The molecule has 0 radical (unpaired) electrons. The van der Waals surface area contributed by atoms with Gasteiger partial charge in [0.2, 0.25) is 0 Å². The van der Waals surface area contributed by atoms with Crippen LogP contribution in [0, 0.1) is 5.41 Å². The van der Waals surface area contributed by atoms with E-state index in [1.165, 1.54) is 45.1 Å². The first kappa shape index (κ1) is 18.9. The Morgan fingerprint density at radius 1 is 1.05 bits per heavy atom. The summed E-state index contributed by atoms with van der Waals surface area (Å²) in [5.74, 6) is 0. The third kappa shape index (κ3) is 7.12. The highest BCUT2D eigenvalue weighted by molar-refractivity contribution is 4.88. The van der Waals surface area contributed by atoms with Crippen molar-refractivity contribution in [1.29, 1.82) is 0 Å². The highest BCUT2D eigenvalue weighted by Crippen LogP contribution is 2.36. The molecule has 0 atom stereocenters. The van der Waals surface area contributed by atoms with Gasteiger partial charge in [-0.25, -0.2) is 0 Å². The van der Waals surface area contributed by atoms with Crippen LogP contribution in [0.2, 0.25) is 0 Å². The average Bonchev–Trinajstić information content (AvgIpc) is 2.67. The fourth-order valence-corrected chi connectivity index (χ4v) is 3.51. The minimum absolute atomic E-state index is 0.306. The summed E-state index contributed by atoms with van der Waals surface area (Å²) >= 11 is 0. The van der Waals surface area contributed by atoms with Crippen molar-refractivity contribution in [3.63, 3.8) is 0 Å². The molecule has 1 saturated carbocycles. The Morgan fingerprint density at radius 2 is 1.67 bits per heavy atom. The summed E-state index contributed by atoms with van der Waals surface area (Å²) in [6, 6.07) is 1.13. The van der Waals surface area contributed by atoms with Crippen LogP contribution >= 0.6 is 0 Å². The van der Waals surface area contributed by atoms with Gasteiger partial charge in [0.1, 0.15) is 0 Å².